The second kappa shape index (κ2) is 7.36. The highest BCUT2D eigenvalue weighted by molar-refractivity contribution is 5.65. The summed E-state index contributed by atoms with van der Waals surface area (Å²) < 4.78 is 33.4. The minimum absolute atomic E-state index is 0.00352. The second-order valence-electron chi connectivity index (χ2n) is 5.71. The van der Waals surface area contributed by atoms with Crippen molar-refractivity contribution in [2.24, 2.45) is 0 Å². The molecule has 2 heterocycles. The number of benzene rings is 2. The van der Waals surface area contributed by atoms with Crippen LogP contribution in [-0.2, 0) is 0 Å². The average molecular weight is 367 g/mol. The fourth-order valence-electron chi connectivity index (χ4n) is 2.63. The van der Waals surface area contributed by atoms with Crippen LogP contribution in [0.15, 0.2) is 60.9 Å². The summed E-state index contributed by atoms with van der Waals surface area (Å²) in [4.78, 5) is 8.64. The first kappa shape index (κ1) is 16.9. The standard InChI is InChI=1S/C19H15F2N5O/c20-14-6-7-17(15(21)10-14)27-9-8-22-18-11-16(13-4-2-1-3-5-13)25-19-23-12-24-26(18)19/h1-7,10-12,22H,8-9H2. The molecule has 0 aliphatic carbocycles. The van der Waals surface area contributed by atoms with Crippen LogP contribution in [0.3, 0.4) is 0 Å². The third-order valence-corrected chi connectivity index (χ3v) is 3.88. The summed E-state index contributed by atoms with van der Waals surface area (Å²) in [6.07, 6.45) is 1.42. The van der Waals surface area contributed by atoms with Gasteiger partial charge in [-0.2, -0.15) is 14.6 Å². The number of anilines is 1. The number of fused-ring (bicyclic) bond motifs is 1. The Kier molecular flexibility index (Phi) is 4.61. The molecule has 0 atom stereocenters. The molecule has 4 aromatic rings. The van der Waals surface area contributed by atoms with Crippen molar-refractivity contribution < 1.29 is 13.5 Å². The maximum atomic E-state index is 13.6. The molecule has 0 aliphatic heterocycles. The molecule has 0 saturated heterocycles. The van der Waals surface area contributed by atoms with Gasteiger partial charge in [0.1, 0.15) is 24.6 Å². The van der Waals surface area contributed by atoms with E-state index in [1.165, 1.54) is 12.4 Å². The van der Waals surface area contributed by atoms with Crippen LogP contribution in [-0.4, -0.2) is 32.7 Å². The predicted molar refractivity (Wildman–Crippen MR) is 96.6 cm³/mol. The Hall–Kier alpha value is -3.55. The zero-order chi connectivity index (χ0) is 18.6. The number of aromatic nitrogens is 4. The molecule has 0 amide bonds. The zero-order valence-electron chi connectivity index (χ0n) is 14.1. The number of nitrogens with zero attached hydrogens (tertiary/aromatic N) is 4. The van der Waals surface area contributed by atoms with Crippen LogP contribution in [0.25, 0.3) is 17.0 Å². The molecule has 2 aromatic heterocycles. The molecule has 2 aromatic carbocycles. The Morgan fingerprint density at radius 2 is 1.89 bits per heavy atom. The van der Waals surface area contributed by atoms with Crippen molar-refractivity contribution in [3.8, 4) is 17.0 Å². The predicted octanol–water partition coefficient (Wildman–Crippen LogP) is 3.56. The molecule has 0 unspecified atom stereocenters. The van der Waals surface area contributed by atoms with E-state index in [-0.39, 0.29) is 12.4 Å². The lowest BCUT2D eigenvalue weighted by molar-refractivity contribution is 0.314. The van der Waals surface area contributed by atoms with Crippen LogP contribution in [0.1, 0.15) is 0 Å². The highest BCUT2D eigenvalue weighted by Crippen LogP contribution is 2.21. The summed E-state index contributed by atoms with van der Waals surface area (Å²) in [6.45, 7) is 0.561. The van der Waals surface area contributed by atoms with E-state index in [9.17, 15) is 8.78 Å². The van der Waals surface area contributed by atoms with Gasteiger partial charge in [0.15, 0.2) is 11.6 Å². The monoisotopic (exact) mass is 367 g/mol. The molecular weight excluding hydrogens is 352 g/mol. The van der Waals surface area contributed by atoms with Gasteiger partial charge in [-0.25, -0.2) is 13.8 Å². The number of rotatable bonds is 6. The number of hydrogen-bond acceptors (Lipinski definition) is 5. The van der Waals surface area contributed by atoms with Gasteiger partial charge in [0, 0.05) is 17.7 Å². The summed E-state index contributed by atoms with van der Waals surface area (Å²) in [7, 11) is 0. The molecule has 4 rings (SSSR count). The third-order valence-electron chi connectivity index (χ3n) is 3.88. The Labute approximate surface area is 153 Å². The first-order valence-corrected chi connectivity index (χ1v) is 8.28. The van der Waals surface area contributed by atoms with Crippen LogP contribution in [0.2, 0.25) is 0 Å². The van der Waals surface area contributed by atoms with E-state index in [2.05, 4.69) is 20.4 Å². The zero-order valence-corrected chi connectivity index (χ0v) is 14.1. The van der Waals surface area contributed by atoms with E-state index in [1.807, 2.05) is 36.4 Å². The highest BCUT2D eigenvalue weighted by atomic mass is 19.1. The van der Waals surface area contributed by atoms with Gasteiger partial charge in [-0.15, -0.1) is 0 Å². The summed E-state index contributed by atoms with van der Waals surface area (Å²) in [6, 6.07) is 14.8. The number of hydrogen-bond donors (Lipinski definition) is 1. The van der Waals surface area contributed by atoms with Crippen molar-refractivity contribution in [1.29, 1.82) is 0 Å². The van der Waals surface area contributed by atoms with Crippen LogP contribution >= 0.6 is 0 Å². The van der Waals surface area contributed by atoms with Crippen molar-refractivity contribution in [3.63, 3.8) is 0 Å². The summed E-state index contributed by atoms with van der Waals surface area (Å²) in [5.74, 6) is -0.228. The van der Waals surface area contributed by atoms with Gasteiger partial charge in [0.05, 0.1) is 12.2 Å². The maximum absolute atomic E-state index is 13.6. The van der Waals surface area contributed by atoms with Crippen LogP contribution in [0.5, 0.6) is 5.75 Å². The largest absolute Gasteiger partial charge is 0.489 e. The Morgan fingerprint density at radius 1 is 1.04 bits per heavy atom. The summed E-state index contributed by atoms with van der Waals surface area (Å²) in [5.41, 5.74) is 1.71. The van der Waals surface area contributed by atoms with E-state index < -0.39 is 11.6 Å². The normalized spacial score (nSPS) is 10.9. The highest BCUT2D eigenvalue weighted by Gasteiger charge is 2.09. The van der Waals surface area contributed by atoms with E-state index in [0.29, 0.717) is 18.1 Å². The molecule has 6 nitrogen and oxygen atoms in total. The molecule has 0 bridgehead atoms. The molecule has 0 aliphatic rings. The van der Waals surface area contributed by atoms with E-state index in [0.717, 1.165) is 23.4 Å². The topological polar surface area (TPSA) is 64.3 Å². The molecule has 8 heteroatoms. The SMILES string of the molecule is Fc1ccc(OCCNc2cc(-c3ccccc3)nc3ncnn23)c(F)c1. The minimum atomic E-state index is -0.732. The smallest absolute Gasteiger partial charge is 0.254 e. The molecule has 136 valence electrons. The molecule has 1 N–H and O–H groups in total. The van der Waals surface area contributed by atoms with Gasteiger partial charge in [-0.1, -0.05) is 30.3 Å². The van der Waals surface area contributed by atoms with Gasteiger partial charge in [-0.05, 0) is 12.1 Å². The molecule has 0 saturated carbocycles. The van der Waals surface area contributed by atoms with Crippen molar-refractivity contribution >= 4 is 11.6 Å². The fourth-order valence-corrected chi connectivity index (χ4v) is 2.63. The van der Waals surface area contributed by atoms with Crippen LogP contribution in [0.4, 0.5) is 14.6 Å². The van der Waals surface area contributed by atoms with Gasteiger partial charge >= 0.3 is 0 Å². The Bertz CT molecular complexity index is 1070. The minimum Gasteiger partial charge on any atom is -0.489 e. The quantitative estimate of drug-likeness (QED) is 0.528. The van der Waals surface area contributed by atoms with Crippen molar-refractivity contribution in [2.45, 2.75) is 0 Å². The van der Waals surface area contributed by atoms with E-state index >= 15 is 0 Å². The number of nitrogens with one attached hydrogen (secondary N) is 1. The van der Waals surface area contributed by atoms with E-state index in [1.54, 1.807) is 4.52 Å². The van der Waals surface area contributed by atoms with Crippen LogP contribution in [0, 0.1) is 11.6 Å². The molecule has 0 fully saturated rings. The molecule has 0 spiro atoms. The lowest BCUT2D eigenvalue weighted by Crippen LogP contribution is -2.15. The van der Waals surface area contributed by atoms with Crippen molar-refractivity contribution in [1.82, 2.24) is 19.6 Å². The number of halogens is 2. The average Bonchev–Trinajstić information content (AvgIpc) is 3.16. The third kappa shape index (κ3) is 3.69. The van der Waals surface area contributed by atoms with E-state index in [4.69, 9.17) is 4.74 Å². The fraction of sp³-hybridized carbons (Fsp3) is 0.105. The van der Waals surface area contributed by atoms with Gasteiger partial charge in [-0.3, -0.25) is 0 Å². The van der Waals surface area contributed by atoms with Gasteiger partial charge in [0.2, 0.25) is 0 Å². The van der Waals surface area contributed by atoms with Crippen molar-refractivity contribution in [3.05, 3.63) is 72.6 Å². The van der Waals surface area contributed by atoms with Crippen LogP contribution < -0.4 is 10.1 Å². The molecule has 0 radical (unpaired) electrons. The summed E-state index contributed by atoms with van der Waals surface area (Å²) in [5, 5.41) is 7.34. The Balaban J connectivity index is 1.49. The Morgan fingerprint density at radius 3 is 2.70 bits per heavy atom. The van der Waals surface area contributed by atoms with Gasteiger partial charge < -0.3 is 10.1 Å². The lowest BCUT2D eigenvalue weighted by atomic mass is 10.1. The maximum Gasteiger partial charge on any atom is 0.254 e. The molecule has 27 heavy (non-hydrogen) atoms. The number of ether oxygens (including phenoxy) is 1. The van der Waals surface area contributed by atoms with Crippen molar-refractivity contribution in [2.75, 3.05) is 18.5 Å². The lowest BCUT2D eigenvalue weighted by Gasteiger charge is -2.11. The summed E-state index contributed by atoms with van der Waals surface area (Å²) >= 11 is 0. The molecular formula is C19H15F2N5O. The first-order chi connectivity index (χ1) is 13.2. The second-order valence-corrected chi connectivity index (χ2v) is 5.71. The first-order valence-electron chi connectivity index (χ1n) is 8.28. The van der Waals surface area contributed by atoms with Gasteiger partial charge in [0.25, 0.3) is 5.78 Å².